The molecule has 0 N–H and O–H groups in total. The van der Waals surface area contributed by atoms with Crippen molar-refractivity contribution in [3.05, 3.63) is 0 Å². The van der Waals surface area contributed by atoms with Crippen LogP contribution in [-0.4, -0.2) is 25.2 Å². The Morgan fingerprint density at radius 2 is 1.44 bits per heavy atom. The third-order valence-electron chi connectivity index (χ3n) is 2.91. The van der Waals surface area contributed by atoms with Crippen molar-refractivity contribution < 1.29 is 0 Å². The Labute approximate surface area is 60.4 Å². The van der Waals surface area contributed by atoms with Crippen LogP contribution in [0.15, 0.2) is 0 Å². The normalized spacial score (nSPS) is 15.8. The summed E-state index contributed by atoms with van der Waals surface area (Å²) in [5.41, 5.74) is 0. The fourth-order valence-electron chi connectivity index (χ4n) is 0.530. The fraction of sp³-hybridized carbons (Fsp3) is 1.00. The molecule has 0 aliphatic rings. The van der Waals surface area contributed by atoms with Gasteiger partial charge in [0.25, 0.3) is 0 Å². The zero-order valence-electron chi connectivity index (χ0n) is 7.71. The molecule has 0 saturated heterocycles. The van der Waals surface area contributed by atoms with E-state index in [0.717, 1.165) is 0 Å². The van der Waals surface area contributed by atoms with Crippen molar-refractivity contribution in [2.75, 3.05) is 20.0 Å². The second-order valence-electron chi connectivity index (χ2n) is 4.49. The zero-order valence-corrected chi connectivity index (χ0v) is 8.71. The molecule has 58 valence electrons. The molecule has 0 rings (SSSR count). The number of hydrogen-bond donors (Lipinski definition) is 0. The van der Waals surface area contributed by atoms with E-state index in [1.807, 2.05) is 0 Å². The summed E-state index contributed by atoms with van der Waals surface area (Å²) >= 11 is 0. The van der Waals surface area contributed by atoms with Gasteiger partial charge in [-0.15, -0.1) is 0 Å². The summed E-state index contributed by atoms with van der Waals surface area (Å²) in [6.45, 7) is 14.4. The first-order valence-electron chi connectivity index (χ1n) is 3.81. The van der Waals surface area contributed by atoms with Gasteiger partial charge in [0, 0.05) is 0 Å². The van der Waals surface area contributed by atoms with Gasteiger partial charge in [-0.2, -0.15) is 0 Å². The van der Waals surface area contributed by atoms with E-state index in [1.165, 1.54) is 6.42 Å². The first kappa shape index (κ1) is 9.43. The summed E-state index contributed by atoms with van der Waals surface area (Å²) in [5.74, 6) is 0. The van der Waals surface area contributed by atoms with Crippen molar-refractivity contribution >= 4 is 7.26 Å². The van der Waals surface area contributed by atoms with E-state index in [2.05, 4.69) is 40.8 Å². The predicted molar refractivity (Wildman–Crippen MR) is 50.5 cm³/mol. The Hall–Kier alpha value is 0.430. The van der Waals surface area contributed by atoms with Crippen molar-refractivity contribution in [2.45, 2.75) is 32.3 Å². The molecule has 0 aliphatic carbocycles. The molecule has 1 heteroatoms. The van der Waals surface area contributed by atoms with Crippen LogP contribution in [0, 0.1) is 0 Å². The van der Waals surface area contributed by atoms with Gasteiger partial charge in [-0.1, -0.05) is 0 Å². The first-order chi connectivity index (χ1) is 3.81. The minimum atomic E-state index is -0.885. The van der Waals surface area contributed by atoms with Crippen molar-refractivity contribution in [1.82, 2.24) is 0 Å². The Bertz CT molecular complexity index is 87.2. The van der Waals surface area contributed by atoms with Crippen LogP contribution in [0.5, 0.6) is 0 Å². The van der Waals surface area contributed by atoms with Gasteiger partial charge >= 0.3 is 59.6 Å². The predicted octanol–water partition coefficient (Wildman–Crippen LogP) is 2.81. The van der Waals surface area contributed by atoms with Gasteiger partial charge in [-0.05, 0) is 0 Å². The van der Waals surface area contributed by atoms with Crippen LogP contribution in [0.3, 0.4) is 0 Å². The van der Waals surface area contributed by atoms with Gasteiger partial charge in [0.15, 0.2) is 0 Å². The second-order valence-corrected chi connectivity index (χ2v) is 10.3. The van der Waals surface area contributed by atoms with Crippen molar-refractivity contribution in [2.24, 2.45) is 0 Å². The van der Waals surface area contributed by atoms with Gasteiger partial charge in [0.05, 0.1) is 0 Å². The van der Waals surface area contributed by atoms with Gasteiger partial charge in [-0.25, -0.2) is 0 Å². The maximum atomic E-state index is 2.44. The van der Waals surface area contributed by atoms with E-state index in [-0.39, 0.29) is 0 Å². The monoisotopic (exact) mass is 148 g/mol. The van der Waals surface area contributed by atoms with E-state index in [4.69, 9.17) is 0 Å². The maximum absolute atomic E-state index is 2.44. The van der Waals surface area contributed by atoms with E-state index >= 15 is 0 Å². The second kappa shape index (κ2) is 2.58. The van der Waals surface area contributed by atoms with Crippen LogP contribution in [-0.2, 0) is 0 Å². The van der Waals surface area contributed by atoms with Crippen molar-refractivity contribution in [3.8, 4) is 0 Å². The molecule has 0 aromatic heterocycles. The summed E-state index contributed by atoms with van der Waals surface area (Å²) < 4.78 is 0. The van der Waals surface area contributed by atoms with Gasteiger partial charge in [-0.3, -0.25) is 0 Å². The average Bonchev–Trinajstić information content (AvgIpc) is 1.64. The molecule has 0 amide bonds. The average molecular weight is 148 g/mol. The van der Waals surface area contributed by atoms with E-state index in [9.17, 15) is 0 Å². The van der Waals surface area contributed by atoms with Gasteiger partial charge in [0.1, 0.15) is 0 Å². The van der Waals surface area contributed by atoms with Crippen LogP contribution < -0.4 is 0 Å². The molecule has 0 aromatic rings. The van der Waals surface area contributed by atoms with E-state index < -0.39 is 7.26 Å². The van der Waals surface area contributed by atoms with Crippen LogP contribution in [0.4, 0.5) is 0 Å². The molecule has 0 aliphatic heterocycles. The molecular weight excluding hydrogens is 127 g/mol. The van der Waals surface area contributed by atoms with E-state index in [0.29, 0.717) is 5.16 Å². The summed E-state index contributed by atoms with van der Waals surface area (Å²) in [6.07, 6.45) is 1.32. The molecule has 0 nitrogen and oxygen atoms in total. The van der Waals surface area contributed by atoms with Gasteiger partial charge < -0.3 is 0 Å². The molecule has 0 spiro atoms. The summed E-state index contributed by atoms with van der Waals surface area (Å²) in [7, 11) is -0.885. The Balaban J connectivity index is 4.14. The van der Waals surface area contributed by atoms with Gasteiger partial charge in [0.2, 0.25) is 0 Å². The van der Waals surface area contributed by atoms with Crippen LogP contribution in [0.1, 0.15) is 27.2 Å². The molecule has 0 unspecified atom stereocenters. The number of hydrogen-bond acceptors (Lipinski definition) is 0. The Morgan fingerprint density at radius 3 is 1.44 bits per heavy atom. The van der Waals surface area contributed by atoms with Crippen LogP contribution in [0.25, 0.3) is 0 Å². The zero-order chi connectivity index (χ0) is 7.71. The molecule has 0 bridgehead atoms. The molecule has 0 radical (unpaired) electrons. The third kappa shape index (κ3) is 2.26. The van der Waals surface area contributed by atoms with Crippen LogP contribution in [0.2, 0.25) is 0 Å². The molecule has 0 fully saturated rings. The quantitative estimate of drug-likeness (QED) is 0.528. The molecular formula is C8H21P. The SMILES string of the molecule is CCC(C)(C)[PH](C)(C)C. The topological polar surface area (TPSA) is 0 Å². The third-order valence-corrected chi connectivity index (χ3v) is 7.33. The van der Waals surface area contributed by atoms with E-state index in [1.54, 1.807) is 0 Å². The Morgan fingerprint density at radius 1 is 1.11 bits per heavy atom. The standard InChI is InChI=1S/C8H21P/c1-7-8(2,3)9(4,5)6/h9H,7H2,1-6H3. The molecule has 0 aromatic carbocycles. The van der Waals surface area contributed by atoms with Crippen molar-refractivity contribution in [1.29, 1.82) is 0 Å². The first-order valence-corrected chi connectivity index (χ1v) is 7.31. The Kier molecular flexibility index (Phi) is 2.70. The van der Waals surface area contributed by atoms with Crippen LogP contribution >= 0.6 is 7.26 Å². The molecule has 0 atom stereocenters. The minimum absolute atomic E-state index is 0.618. The van der Waals surface area contributed by atoms with Crippen molar-refractivity contribution in [3.63, 3.8) is 0 Å². The summed E-state index contributed by atoms with van der Waals surface area (Å²) in [5, 5.41) is 0.618. The molecule has 9 heavy (non-hydrogen) atoms. The molecule has 0 heterocycles. The molecule has 0 saturated carbocycles. The fourth-order valence-corrected chi connectivity index (χ4v) is 1.59. The number of rotatable bonds is 2. The summed E-state index contributed by atoms with van der Waals surface area (Å²) in [6, 6.07) is 0. The summed E-state index contributed by atoms with van der Waals surface area (Å²) in [4.78, 5) is 0.